The molecule has 0 aliphatic rings. The number of hydrogen-bond donors (Lipinski definition) is 1. The Labute approximate surface area is 121 Å². The summed E-state index contributed by atoms with van der Waals surface area (Å²) < 4.78 is 0. The first-order chi connectivity index (χ1) is 9.54. The van der Waals surface area contributed by atoms with E-state index in [0.29, 0.717) is 11.1 Å². The largest absolute Gasteiger partial charge is 0.475 e. The fourth-order valence-corrected chi connectivity index (χ4v) is 2.45. The Morgan fingerprint density at radius 1 is 0.900 bits per heavy atom. The third-order valence-electron chi connectivity index (χ3n) is 3.11. The lowest BCUT2D eigenvalue weighted by Crippen LogP contribution is -2.28. The smallest absolute Gasteiger partial charge is 0.372 e. The summed E-state index contributed by atoms with van der Waals surface area (Å²) in [5.74, 6) is -2.38. The number of benzene rings is 2. The highest BCUT2D eigenvalue weighted by atomic mass is 35.5. The van der Waals surface area contributed by atoms with Crippen molar-refractivity contribution < 1.29 is 14.7 Å². The first-order valence-corrected chi connectivity index (χ1v) is 6.48. The first-order valence-electron chi connectivity index (χ1n) is 6.10. The predicted molar refractivity (Wildman–Crippen MR) is 76.8 cm³/mol. The molecule has 0 heterocycles. The van der Waals surface area contributed by atoms with Gasteiger partial charge in [-0.25, -0.2) is 4.79 Å². The molecule has 20 heavy (non-hydrogen) atoms. The minimum absolute atomic E-state index is 0.294. The van der Waals surface area contributed by atoms with Crippen LogP contribution in [0.4, 0.5) is 0 Å². The number of hydrogen-bond acceptors (Lipinski definition) is 2. The fourth-order valence-electron chi connectivity index (χ4n) is 2.07. The zero-order chi connectivity index (χ0) is 14.6. The lowest BCUT2D eigenvalue weighted by molar-refractivity contribution is -0.149. The molecule has 3 nitrogen and oxygen atoms in total. The normalized spacial score (nSPS) is 11.1. The van der Waals surface area contributed by atoms with Crippen LogP contribution in [0, 0.1) is 0 Å². The van der Waals surface area contributed by atoms with E-state index in [-0.39, 0.29) is 6.42 Å². The number of rotatable bonds is 5. The van der Waals surface area contributed by atoms with Crippen molar-refractivity contribution in [2.45, 2.75) is 11.3 Å². The van der Waals surface area contributed by atoms with Crippen LogP contribution in [-0.2, 0) is 14.5 Å². The van der Waals surface area contributed by atoms with E-state index in [1.54, 1.807) is 48.5 Å². The Morgan fingerprint density at radius 3 is 1.65 bits per heavy atom. The van der Waals surface area contributed by atoms with Gasteiger partial charge >= 0.3 is 5.97 Å². The Kier molecular flexibility index (Phi) is 4.20. The maximum absolute atomic E-state index is 11.6. The number of alkyl halides is 1. The summed E-state index contributed by atoms with van der Waals surface area (Å²) >= 11 is 6.64. The Bertz CT molecular complexity index is 569. The van der Waals surface area contributed by atoms with Crippen LogP contribution in [0.25, 0.3) is 0 Å². The minimum atomic E-state index is -1.47. The van der Waals surface area contributed by atoms with Gasteiger partial charge in [0.15, 0.2) is 0 Å². The topological polar surface area (TPSA) is 54.4 Å². The van der Waals surface area contributed by atoms with Gasteiger partial charge in [0, 0.05) is 6.42 Å². The molecule has 1 N–H and O–H groups in total. The molecule has 102 valence electrons. The van der Waals surface area contributed by atoms with Crippen molar-refractivity contribution in [3.05, 3.63) is 71.8 Å². The van der Waals surface area contributed by atoms with Gasteiger partial charge < -0.3 is 5.11 Å². The lowest BCUT2D eigenvalue weighted by atomic mass is 9.86. The molecular weight excluding hydrogens is 276 g/mol. The van der Waals surface area contributed by atoms with E-state index in [2.05, 4.69) is 0 Å². The van der Waals surface area contributed by atoms with Gasteiger partial charge in [-0.15, -0.1) is 11.6 Å². The quantitative estimate of drug-likeness (QED) is 0.679. The van der Waals surface area contributed by atoms with Crippen LogP contribution in [0.2, 0.25) is 0 Å². The Morgan fingerprint density at radius 2 is 1.30 bits per heavy atom. The minimum Gasteiger partial charge on any atom is -0.475 e. The summed E-state index contributed by atoms with van der Waals surface area (Å²) in [4.78, 5) is 21.3. The number of carbonyl (C=O) groups is 2. The van der Waals surface area contributed by atoms with E-state index in [1.165, 1.54) is 0 Å². The third kappa shape index (κ3) is 2.89. The Hall–Kier alpha value is -2.13. The SMILES string of the molecule is O=C(O)C(=O)CC(Cl)(c1ccccc1)c1ccccc1. The number of carboxylic acids is 1. The summed E-state index contributed by atoms with van der Waals surface area (Å²) in [5.41, 5.74) is 1.39. The molecule has 4 heteroatoms. The van der Waals surface area contributed by atoms with Crippen LogP contribution in [0.3, 0.4) is 0 Å². The summed E-state index contributed by atoms with van der Waals surface area (Å²) in [7, 11) is 0. The van der Waals surface area contributed by atoms with Crippen molar-refractivity contribution in [1.29, 1.82) is 0 Å². The van der Waals surface area contributed by atoms with Gasteiger partial charge in [-0.1, -0.05) is 60.7 Å². The van der Waals surface area contributed by atoms with E-state index in [9.17, 15) is 9.59 Å². The zero-order valence-electron chi connectivity index (χ0n) is 10.6. The molecule has 0 saturated heterocycles. The molecule has 2 rings (SSSR count). The molecule has 2 aromatic rings. The van der Waals surface area contributed by atoms with Crippen LogP contribution in [0.15, 0.2) is 60.7 Å². The molecule has 0 bridgehead atoms. The molecule has 0 fully saturated rings. The predicted octanol–water partition coefficient (Wildman–Crippen LogP) is 3.21. The second-order valence-corrected chi connectivity index (χ2v) is 5.08. The van der Waals surface area contributed by atoms with Crippen molar-refractivity contribution in [2.75, 3.05) is 0 Å². The molecular formula is C16H13ClO3. The molecule has 0 radical (unpaired) electrons. The van der Waals surface area contributed by atoms with Gasteiger partial charge in [0.1, 0.15) is 4.87 Å². The highest BCUT2D eigenvalue weighted by Gasteiger charge is 2.36. The van der Waals surface area contributed by atoms with Crippen molar-refractivity contribution >= 4 is 23.4 Å². The molecule has 0 aromatic heterocycles. The molecule has 0 atom stereocenters. The third-order valence-corrected chi connectivity index (χ3v) is 3.68. The molecule has 2 aromatic carbocycles. The van der Waals surface area contributed by atoms with Gasteiger partial charge in [-0.3, -0.25) is 4.79 Å². The van der Waals surface area contributed by atoms with Gasteiger partial charge in [-0.2, -0.15) is 0 Å². The molecule has 0 saturated carbocycles. The van der Waals surface area contributed by atoms with Crippen molar-refractivity contribution in [1.82, 2.24) is 0 Å². The Balaban J connectivity index is 2.49. The molecule has 0 aliphatic heterocycles. The van der Waals surface area contributed by atoms with Gasteiger partial charge in [0.05, 0.1) is 0 Å². The standard InChI is InChI=1S/C16H13ClO3/c17-16(11-14(18)15(19)20,12-7-3-1-4-8-12)13-9-5-2-6-10-13/h1-10H,11H2,(H,19,20). The van der Waals surface area contributed by atoms with Crippen molar-refractivity contribution in [3.8, 4) is 0 Å². The average molecular weight is 289 g/mol. The second-order valence-electron chi connectivity index (χ2n) is 4.44. The van der Waals surface area contributed by atoms with Crippen LogP contribution >= 0.6 is 11.6 Å². The first kappa shape index (κ1) is 14.3. The van der Waals surface area contributed by atoms with Gasteiger partial charge in [0.2, 0.25) is 5.78 Å². The second kappa shape index (κ2) is 5.88. The van der Waals surface area contributed by atoms with Crippen LogP contribution < -0.4 is 0 Å². The summed E-state index contributed by atoms with van der Waals surface area (Å²) in [6, 6.07) is 18.0. The number of ketones is 1. The van der Waals surface area contributed by atoms with E-state index in [0.717, 1.165) is 0 Å². The lowest BCUT2D eigenvalue weighted by Gasteiger charge is -2.27. The van der Waals surface area contributed by atoms with Crippen LogP contribution in [-0.4, -0.2) is 16.9 Å². The number of carbonyl (C=O) groups excluding carboxylic acids is 1. The number of carboxylic acid groups (broad SMARTS) is 1. The van der Waals surface area contributed by atoms with E-state index in [4.69, 9.17) is 16.7 Å². The molecule has 0 aliphatic carbocycles. The number of aliphatic carboxylic acids is 1. The monoisotopic (exact) mass is 288 g/mol. The van der Waals surface area contributed by atoms with E-state index >= 15 is 0 Å². The van der Waals surface area contributed by atoms with Crippen LogP contribution in [0.1, 0.15) is 17.5 Å². The number of Topliss-reactive ketones (excluding diaryl/α,β-unsaturated/α-hetero) is 1. The molecule has 0 spiro atoms. The summed E-state index contributed by atoms with van der Waals surface area (Å²) in [6.45, 7) is 0. The number of halogens is 1. The van der Waals surface area contributed by atoms with Gasteiger partial charge in [0.25, 0.3) is 0 Å². The van der Waals surface area contributed by atoms with Crippen molar-refractivity contribution in [2.24, 2.45) is 0 Å². The summed E-state index contributed by atoms with van der Waals surface area (Å²) in [5, 5.41) is 8.83. The van der Waals surface area contributed by atoms with Gasteiger partial charge in [-0.05, 0) is 11.1 Å². The zero-order valence-corrected chi connectivity index (χ0v) is 11.4. The van der Waals surface area contributed by atoms with E-state index < -0.39 is 16.6 Å². The molecule has 0 unspecified atom stereocenters. The summed E-state index contributed by atoms with van der Waals surface area (Å²) in [6.07, 6.45) is -0.294. The van der Waals surface area contributed by atoms with Crippen molar-refractivity contribution in [3.63, 3.8) is 0 Å². The van der Waals surface area contributed by atoms with E-state index in [1.807, 2.05) is 12.1 Å². The fraction of sp³-hybridized carbons (Fsp3) is 0.125. The van der Waals surface area contributed by atoms with Crippen LogP contribution in [0.5, 0.6) is 0 Å². The highest BCUT2D eigenvalue weighted by Crippen LogP contribution is 2.39. The average Bonchev–Trinajstić information content (AvgIpc) is 2.48. The maximum Gasteiger partial charge on any atom is 0.372 e. The molecule has 0 amide bonds. The maximum atomic E-state index is 11.6. The highest BCUT2D eigenvalue weighted by molar-refractivity contribution is 6.36.